The van der Waals surface area contributed by atoms with E-state index in [0.29, 0.717) is 18.2 Å². The van der Waals surface area contributed by atoms with Crippen molar-refractivity contribution in [2.75, 3.05) is 18.8 Å². The van der Waals surface area contributed by atoms with Gasteiger partial charge in [0.05, 0.1) is 0 Å². The van der Waals surface area contributed by atoms with Crippen LogP contribution in [-0.2, 0) is 14.8 Å². The van der Waals surface area contributed by atoms with E-state index in [-0.39, 0.29) is 23.1 Å². The van der Waals surface area contributed by atoms with Crippen LogP contribution < -0.4 is 15.8 Å². The number of thiophene rings is 1. The SMILES string of the molecule is CC(C)CNC(=O)CCNS(=O)(=O)c1cc(N)cs1. The van der Waals surface area contributed by atoms with Crippen LogP contribution in [0.25, 0.3) is 0 Å². The maximum absolute atomic E-state index is 11.8. The van der Waals surface area contributed by atoms with Gasteiger partial charge in [0.25, 0.3) is 0 Å². The second-order valence-corrected chi connectivity index (χ2v) is 7.45. The molecule has 1 aromatic heterocycles. The maximum Gasteiger partial charge on any atom is 0.250 e. The predicted molar refractivity (Wildman–Crippen MR) is 76.4 cm³/mol. The lowest BCUT2D eigenvalue weighted by Gasteiger charge is -2.08. The van der Waals surface area contributed by atoms with Gasteiger partial charge in [0.2, 0.25) is 15.9 Å². The van der Waals surface area contributed by atoms with Gasteiger partial charge in [0.15, 0.2) is 0 Å². The molecular weight excluding hydrogens is 286 g/mol. The first-order valence-electron chi connectivity index (χ1n) is 5.91. The summed E-state index contributed by atoms with van der Waals surface area (Å²) < 4.78 is 26.1. The van der Waals surface area contributed by atoms with Crippen LogP contribution in [0.1, 0.15) is 20.3 Å². The van der Waals surface area contributed by atoms with Crippen molar-refractivity contribution in [3.8, 4) is 0 Å². The fourth-order valence-electron chi connectivity index (χ4n) is 1.25. The minimum Gasteiger partial charge on any atom is -0.398 e. The summed E-state index contributed by atoms with van der Waals surface area (Å²) in [6.07, 6.45) is 0.118. The van der Waals surface area contributed by atoms with Crippen LogP contribution in [0, 0.1) is 5.92 Å². The zero-order valence-electron chi connectivity index (χ0n) is 11.0. The Morgan fingerprint density at radius 3 is 2.68 bits per heavy atom. The molecule has 1 rings (SSSR count). The average Bonchev–Trinajstić information content (AvgIpc) is 2.74. The summed E-state index contributed by atoms with van der Waals surface area (Å²) in [5, 5.41) is 4.28. The minimum absolute atomic E-state index is 0.0735. The van der Waals surface area contributed by atoms with Crippen LogP contribution in [0.3, 0.4) is 0 Å². The molecule has 108 valence electrons. The summed E-state index contributed by atoms with van der Waals surface area (Å²) in [6.45, 7) is 4.64. The molecular formula is C11H19N3O3S2. The van der Waals surface area contributed by atoms with Crippen LogP contribution in [0.4, 0.5) is 5.69 Å². The lowest BCUT2D eigenvalue weighted by atomic mass is 10.2. The summed E-state index contributed by atoms with van der Waals surface area (Å²) in [7, 11) is -3.56. The van der Waals surface area contributed by atoms with E-state index in [2.05, 4.69) is 10.0 Å². The summed E-state index contributed by atoms with van der Waals surface area (Å²) in [4.78, 5) is 11.4. The Hall–Kier alpha value is -1.12. The van der Waals surface area contributed by atoms with Crippen molar-refractivity contribution in [3.63, 3.8) is 0 Å². The molecule has 19 heavy (non-hydrogen) atoms. The molecule has 0 aliphatic carbocycles. The third-order valence-corrected chi connectivity index (χ3v) is 5.13. The van der Waals surface area contributed by atoms with Gasteiger partial charge < -0.3 is 11.1 Å². The molecule has 0 aliphatic rings. The van der Waals surface area contributed by atoms with Gasteiger partial charge >= 0.3 is 0 Å². The van der Waals surface area contributed by atoms with E-state index < -0.39 is 10.0 Å². The number of hydrogen-bond acceptors (Lipinski definition) is 5. The van der Waals surface area contributed by atoms with E-state index in [1.54, 1.807) is 5.38 Å². The van der Waals surface area contributed by atoms with E-state index in [4.69, 9.17) is 5.73 Å². The van der Waals surface area contributed by atoms with Crippen molar-refractivity contribution < 1.29 is 13.2 Å². The summed E-state index contributed by atoms with van der Waals surface area (Å²) in [5.74, 6) is 0.205. The number of hydrogen-bond donors (Lipinski definition) is 3. The summed E-state index contributed by atoms with van der Waals surface area (Å²) in [6, 6.07) is 1.39. The predicted octanol–water partition coefficient (Wildman–Crippen LogP) is 0.771. The Bertz CT molecular complexity index is 523. The smallest absolute Gasteiger partial charge is 0.250 e. The molecule has 4 N–H and O–H groups in total. The van der Waals surface area contributed by atoms with Gasteiger partial charge in [-0.2, -0.15) is 0 Å². The standard InChI is InChI=1S/C11H19N3O3S2/c1-8(2)6-13-10(15)3-4-14-19(16,17)11-5-9(12)7-18-11/h5,7-8,14H,3-4,6,12H2,1-2H3,(H,13,15). The van der Waals surface area contributed by atoms with Gasteiger partial charge in [-0.15, -0.1) is 11.3 Å². The van der Waals surface area contributed by atoms with Gasteiger partial charge in [-0.25, -0.2) is 13.1 Å². The summed E-state index contributed by atoms with van der Waals surface area (Å²) >= 11 is 1.05. The maximum atomic E-state index is 11.8. The molecule has 0 unspecified atom stereocenters. The lowest BCUT2D eigenvalue weighted by molar-refractivity contribution is -0.121. The molecule has 0 saturated heterocycles. The first-order valence-corrected chi connectivity index (χ1v) is 8.28. The normalized spacial score (nSPS) is 11.7. The molecule has 0 aromatic carbocycles. The van der Waals surface area contributed by atoms with Crippen LogP contribution >= 0.6 is 11.3 Å². The van der Waals surface area contributed by atoms with Gasteiger partial charge in [0, 0.05) is 30.6 Å². The molecule has 1 aromatic rings. The number of carbonyl (C=O) groups is 1. The third kappa shape index (κ3) is 5.58. The quantitative estimate of drug-likeness (QED) is 0.692. The molecule has 0 bridgehead atoms. The highest BCUT2D eigenvalue weighted by molar-refractivity contribution is 7.91. The van der Waals surface area contributed by atoms with E-state index in [0.717, 1.165) is 11.3 Å². The van der Waals surface area contributed by atoms with E-state index >= 15 is 0 Å². The van der Waals surface area contributed by atoms with Gasteiger partial charge in [-0.3, -0.25) is 4.79 Å². The van der Waals surface area contributed by atoms with Crippen molar-refractivity contribution in [1.82, 2.24) is 10.0 Å². The Labute approximate surface area is 117 Å². The van der Waals surface area contributed by atoms with Crippen molar-refractivity contribution in [3.05, 3.63) is 11.4 Å². The monoisotopic (exact) mass is 305 g/mol. The number of anilines is 1. The second-order valence-electron chi connectivity index (χ2n) is 4.54. The molecule has 1 heterocycles. The summed E-state index contributed by atoms with van der Waals surface area (Å²) in [5.41, 5.74) is 5.89. The number of rotatable bonds is 7. The Kier molecular flexibility index (Phi) is 5.77. The number of nitrogen functional groups attached to an aromatic ring is 1. The zero-order valence-corrected chi connectivity index (χ0v) is 12.6. The average molecular weight is 305 g/mol. The fraction of sp³-hybridized carbons (Fsp3) is 0.545. The highest BCUT2D eigenvalue weighted by atomic mass is 32.2. The van der Waals surface area contributed by atoms with Crippen LogP contribution in [0.15, 0.2) is 15.7 Å². The molecule has 0 saturated carbocycles. The second kappa shape index (κ2) is 6.88. The molecule has 6 nitrogen and oxygen atoms in total. The first kappa shape index (κ1) is 15.9. The number of nitrogens with one attached hydrogen (secondary N) is 2. The Balaban J connectivity index is 2.38. The van der Waals surface area contributed by atoms with Gasteiger partial charge in [-0.05, 0) is 12.0 Å². The number of nitrogens with two attached hydrogens (primary N) is 1. The molecule has 0 atom stereocenters. The fourth-order valence-corrected chi connectivity index (χ4v) is 3.40. The van der Waals surface area contributed by atoms with E-state index in [1.807, 2.05) is 13.8 Å². The zero-order chi connectivity index (χ0) is 14.5. The van der Waals surface area contributed by atoms with Crippen molar-refractivity contribution in [2.45, 2.75) is 24.5 Å². The highest BCUT2D eigenvalue weighted by Crippen LogP contribution is 2.21. The highest BCUT2D eigenvalue weighted by Gasteiger charge is 2.16. The van der Waals surface area contributed by atoms with E-state index in [1.165, 1.54) is 6.07 Å². The largest absolute Gasteiger partial charge is 0.398 e. The molecule has 0 fully saturated rings. The van der Waals surface area contributed by atoms with Crippen LogP contribution in [0.2, 0.25) is 0 Å². The lowest BCUT2D eigenvalue weighted by Crippen LogP contribution is -2.32. The van der Waals surface area contributed by atoms with Crippen molar-refractivity contribution in [1.29, 1.82) is 0 Å². The molecule has 1 amide bonds. The molecule has 0 radical (unpaired) electrons. The molecule has 0 spiro atoms. The van der Waals surface area contributed by atoms with Crippen LogP contribution in [-0.4, -0.2) is 27.4 Å². The first-order chi connectivity index (χ1) is 8.81. The molecule has 0 aliphatic heterocycles. The van der Waals surface area contributed by atoms with Crippen LogP contribution in [0.5, 0.6) is 0 Å². The third-order valence-electron chi connectivity index (χ3n) is 2.21. The Morgan fingerprint density at radius 1 is 1.47 bits per heavy atom. The Morgan fingerprint density at radius 2 is 2.16 bits per heavy atom. The van der Waals surface area contributed by atoms with Crippen molar-refractivity contribution in [2.24, 2.45) is 5.92 Å². The van der Waals surface area contributed by atoms with Gasteiger partial charge in [0.1, 0.15) is 4.21 Å². The number of sulfonamides is 1. The number of carbonyl (C=O) groups excluding carboxylic acids is 1. The van der Waals surface area contributed by atoms with Crippen molar-refractivity contribution >= 4 is 33.0 Å². The molecule has 8 heteroatoms. The van der Waals surface area contributed by atoms with Gasteiger partial charge in [-0.1, -0.05) is 13.8 Å². The van der Waals surface area contributed by atoms with E-state index in [9.17, 15) is 13.2 Å². The number of amides is 1. The minimum atomic E-state index is -3.56. The topological polar surface area (TPSA) is 101 Å².